The van der Waals surface area contributed by atoms with Gasteiger partial charge in [0.25, 0.3) is 0 Å². The molecule has 0 aliphatic rings. The summed E-state index contributed by atoms with van der Waals surface area (Å²) in [6.07, 6.45) is 5.35. The number of nitrogens with zero attached hydrogens (tertiary/aromatic N) is 8. The van der Waals surface area contributed by atoms with Gasteiger partial charge in [0, 0.05) is 6.54 Å². The number of hydrogen-bond acceptors (Lipinski definition) is 7. The first-order valence-corrected chi connectivity index (χ1v) is 9.57. The van der Waals surface area contributed by atoms with Gasteiger partial charge in [0.15, 0.2) is 11.5 Å². The fourth-order valence-electron chi connectivity index (χ4n) is 2.65. The fraction of sp³-hybridized carbons (Fsp3) is 0.294. The van der Waals surface area contributed by atoms with E-state index in [4.69, 9.17) is 0 Å². The molecule has 0 atom stereocenters. The molecule has 3 aromatic heterocycles. The van der Waals surface area contributed by atoms with Crippen molar-refractivity contribution in [2.45, 2.75) is 37.1 Å². The van der Waals surface area contributed by atoms with Gasteiger partial charge in [0.1, 0.15) is 17.2 Å². The summed E-state index contributed by atoms with van der Waals surface area (Å²) in [7, 11) is 0. The summed E-state index contributed by atoms with van der Waals surface area (Å²) in [5.74, 6) is 1.12. The molecule has 3 heterocycles. The van der Waals surface area contributed by atoms with E-state index in [1.165, 1.54) is 30.2 Å². The third-order valence-corrected chi connectivity index (χ3v) is 5.07. The van der Waals surface area contributed by atoms with Crippen molar-refractivity contribution in [1.82, 2.24) is 40.0 Å². The molecular formula is C17H17FN8S. The zero-order valence-electron chi connectivity index (χ0n) is 14.7. The molecule has 0 aliphatic carbocycles. The molecule has 8 nitrogen and oxygen atoms in total. The van der Waals surface area contributed by atoms with Crippen LogP contribution in [0, 0.1) is 5.82 Å². The average Bonchev–Trinajstić information content (AvgIpc) is 3.32. The second-order valence-electron chi connectivity index (χ2n) is 5.91. The van der Waals surface area contributed by atoms with Crippen molar-refractivity contribution < 1.29 is 4.39 Å². The van der Waals surface area contributed by atoms with Crippen LogP contribution in [0.1, 0.15) is 25.6 Å². The average molecular weight is 384 g/mol. The molecule has 4 aromatic rings. The third-order valence-electron chi connectivity index (χ3n) is 4.07. The summed E-state index contributed by atoms with van der Waals surface area (Å²) in [6, 6.07) is 6.13. The third kappa shape index (κ3) is 3.65. The van der Waals surface area contributed by atoms with Gasteiger partial charge in [0.05, 0.1) is 23.0 Å². The molecule has 4 rings (SSSR count). The Bertz CT molecular complexity index is 1040. The van der Waals surface area contributed by atoms with Crippen molar-refractivity contribution in [2.75, 3.05) is 0 Å². The Morgan fingerprint density at radius 1 is 1.15 bits per heavy atom. The Labute approximate surface area is 158 Å². The Kier molecular flexibility index (Phi) is 5.05. The smallest absolute Gasteiger partial charge is 0.167 e. The van der Waals surface area contributed by atoms with Crippen LogP contribution in [0.15, 0.2) is 41.8 Å². The number of rotatable bonds is 7. The number of thioether (sulfide) groups is 1. The van der Waals surface area contributed by atoms with Crippen LogP contribution in [-0.2, 0) is 12.3 Å². The lowest BCUT2D eigenvalue weighted by Crippen LogP contribution is -2.05. The molecule has 0 saturated carbocycles. The first-order chi connectivity index (χ1) is 13.3. The maximum Gasteiger partial charge on any atom is 0.167 e. The maximum atomic E-state index is 13.2. The van der Waals surface area contributed by atoms with Crippen LogP contribution in [0.5, 0.6) is 0 Å². The van der Waals surface area contributed by atoms with Crippen molar-refractivity contribution in [3.8, 4) is 5.69 Å². The molecule has 1 aromatic carbocycles. The lowest BCUT2D eigenvalue weighted by Gasteiger charge is -2.05. The van der Waals surface area contributed by atoms with E-state index in [1.807, 2.05) is 4.68 Å². The lowest BCUT2D eigenvalue weighted by atomic mass is 10.3. The monoisotopic (exact) mass is 384 g/mol. The first-order valence-electron chi connectivity index (χ1n) is 8.58. The molecule has 0 saturated heterocycles. The Balaban J connectivity index is 1.58. The van der Waals surface area contributed by atoms with Crippen molar-refractivity contribution in [3.63, 3.8) is 0 Å². The molecule has 138 valence electrons. The Morgan fingerprint density at radius 2 is 2.00 bits per heavy atom. The van der Waals surface area contributed by atoms with Crippen molar-refractivity contribution in [3.05, 3.63) is 48.4 Å². The predicted octanol–water partition coefficient (Wildman–Crippen LogP) is 3.03. The number of fused-ring (bicyclic) bond motifs is 1. The minimum atomic E-state index is -0.290. The second-order valence-corrected chi connectivity index (χ2v) is 6.87. The molecule has 0 radical (unpaired) electrons. The Morgan fingerprint density at radius 3 is 2.81 bits per heavy atom. The quantitative estimate of drug-likeness (QED) is 0.357. The normalized spacial score (nSPS) is 11.3. The van der Waals surface area contributed by atoms with Gasteiger partial charge in [0.2, 0.25) is 0 Å². The highest BCUT2D eigenvalue weighted by Gasteiger charge is 2.13. The van der Waals surface area contributed by atoms with Gasteiger partial charge in [-0.1, -0.05) is 25.1 Å². The van der Waals surface area contributed by atoms with E-state index >= 15 is 0 Å². The zero-order valence-corrected chi connectivity index (χ0v) is 15.5. The number of halogens is 1. The SMILES string of the molecule is CCCCn1nnnc1CSc1ncnc2c1cnn2-c1ccc(F)cc1. The standard InChI is InChI=1S/C17H17FN8S/c1-2-3-8-25-15(22-23-24-25)10-27-17-14-9-21-26(16(14)19-11-20-17)13-6-4-12(18)5-7-13/h4-7,9,11H,2-3,8,10H2,1H3. The number of tetrazole rings is 1. The topological polar surface area (TPSA) is 87.2 Å². The highest BCUT2D eigenvalue weighted by Crippen LogP contribution is 2.27. The fourth-order valence-corrected chi connectivity index (χ4v) is 3.54. The summed E-state index contributed by atoms with van der Waals surface area (Å²) in [5.41, 5.74) is 1.41. The lowest BCUT2D eigenvalue weighted by molar-refractivity contribution is 0.540. The van der Waals surface area contributed by atoms with Crippen LogP contribution in [0.25, 0.3) is 16.7 Å². The summed E-state index contributed by atoms with van der Waals surface area (Å²) >= 11 is 1.54. The van der Waals surface area contributed by atoms with Gasteiger partial charge in [-0.05, 0) is 41.1 Å². The van der Waals surface area contributed by atoms with E-state index in [9.17, 15) is 4.39 Å². The van der Waals surface area contributed by atoms with Crippen LogP contribution in [0.4, 0.5) is 4.39 Å². The minimum Gasteiger partial charge on any atom is -0.229 e. The van der Waals surface area contributed by atoms with Crippen LogP contribution < -0.4 is 0 Å². The Hall–Kier alpha value is -2.88. The number of hydrogen-bond donors (Lipinski definition) is 0. The molecule has 0 fully saturated rings. The van der Waals surface area contributed by atoms with Crippen molar-refractivity contribution in [1.29, 1.82) is 0 Å². The maximum absolute atomic E-state index is 13.2. The largest absolute Gasteiger partial charge is 0.229 e. The van der Waals surface area contributed by atoms with E-state index in [1.54, 1.807) is 23.0 Å². The molecule has 0 amide bonds. The number of aryl methyl sites for hydroxylation is 1. The highest BCUT2D eigenvalue weighted by atomic mass is 32.2. The van der Waals surface area contributed by atoms with Gasteiger partial charge in [-0.2, -0.15) is 5.10 Å². The van der Waals surface area contributed by atoms with Crippen LogP contribution in [0.2, 0.25) is 0 Å². The molecule has 0 spiro atoms. The van der Waals surface area contributed by atoms with E-state index in [2.05, 4.69) is 37.5 Å². The van der Waals surface area contributed by atoms with E-state index < -0.39 is 0 Å². The van der Waals surface area contributed by atoms with Crippen molar-refractivity contribution >= 4 is 22.8 Å². The molecule has 0 unspecified atom stereocenters. The summed E-state index contributed by atoms with van der Waals surface area (Å²) < 4.78 is 16.7. The number of benzene rings is 1. The minimum absolute atomic E-state index is 0.290. The van der Waals surface area contributed by atoms with Gasteiger partial charge in [-0.3, -0.25) is 0 Å². The highest BCUT2D eigenvalue weighted by molar-refractivity contribution is 7.98. The molecule has 27 heavy (non-hydrogen) atoms. The van der Waals surface area contributed by atoms with Crippen LogP contribution in [0.3, 0.4) is 0 Å². The molecular weight excluding hydrogens is 367 g/mol. The molecule has 10 heteroatoms. The predicted molar refractivity (Wildman–Crippen MR) is 98.9 cm³/mol. The van der Waals surface area contributed by atoms with Gasteiger partial charge in [-0.25, -0.2) is 23.7 Å². The first kappa shape index (κ1) is 17.5. The molecule has 0 aliphatic heterocycles. The van der Waals surface area contributed by atoms with Gasteiger partial charge >= 0.3 is 0 Å². The number of aromatic nitrogens is 8. The second kappa shape index (κ2) is 7.78. The summed E-state index contributed by atoms with van der Waals surface area (Å²) in [4.78, 5) is 8.72. The van der Waals surface area contributed by atoms with Crippen molar-refractivity contribution in [2.24, 2.45) is 0 Å². The molecule has 0 N–H and O–H groups in total. The van der Waals surface area contributed by atoms with E-state index in [0.717, 1.165) is 41.3 Å². The van der Waals surface area contributed by atoms with E-state index in [0.29, 0.717) is 11.4 Å². The zero-order chi connectivity index (χ0) is 18.6. The van der Waals surface area contributed by atoms with Crippen LogP contribution >= 0.6 is 11.8 Å². The van der Waals surface area contributed by atoms with Gasteiger partial charge in [-0.15, -0.1) is 5.10 Å². The number of unbranched alkanes of at least 4 members (excludes halogenated alkanes) is 1. The summed E-state index contributed by atoms with van der Waals surface area (Å²) in [5, 5.41) is 17.9. The van der Waals surface area contributed by atoms with Gasteiger partial charge < -0.3 is 0 Å². The summed E-state index contributed by atoms with van der Waals surface area (Å²) in [6.45, 7) is 2.94. The molecule has 0 bridgehead atoms. The van der Waals surface area contributed by atoms with E-state index in [-0.39, 0.29) is 5.82 Å². The van der Waals surface area contributed by atoms with Crippen LogP contribution in [-0.4, -0.2) is 40.0 Å².